The number of aryl methyl sites for hydroxylation is 1. The highest BCUT2D eigenvalue weighted by Gasteiger charge is 2.57. The first-order chi connectivity index (χ1) is 11.0. The van der Waals surface area contributed by atoms with Crippen LogP contribution in [0.25, 0.3) is 10.9 Å². The second-order valence-electron chi connectivity index (χ2n) is 7.45. The van der Waals surface area contributed by atoms with Crippen LogP contribution in [0.1, 0.15) is 25.1 Å². The molecule has 1 aliphatic carbocycles. The molecule has 2 fully saturated rings. The molecule has 2 heterocycles. The lowest BCUT2D eigenvalue weighted by Gasteiger charge is -2.29. The molecule has 1 saturated heterocycles. The van der Waals surface area contributed by atoms with Crippen LogP contribution in [0.3, 0.4) is 0 Å². The topological polar surface area (TPSA) is 54.0 Å². The first-order valence-electron chi connectivity index (χ1n) is 8.37. The summed E-state index contributed by atoms with van der Waals surface area (Å²) in [5, 5.41) is 7.74. The number of aromatic nitrogens is 1. The summed E-state index contributed by atoms with van der Waals surface area (Å²) in [6.07, 6.45) is 0. The Morgan fingerprint density at radius 1 is 1.26 bits per heavy atom. The lowest BCUT2D eigenvalue weighted by Crippen LogP contribution is -2.43. The smallest absolute Gasteiger partial charge is 0.224 e. The number of nitrogens with zero attached hydrogens (tertiary/aromatic N) is 1. The first-order valence-corrected chi connectivity index (χ1v) is 8.37. The minimum Gasteiger partial charge on any atom is -0.347 e. The maximum atomic E-state index is 12.7. The van der Waals surface area contributed by atoms with Gasteiger partial charge in [0.05, 0.1) is 11.1 Å². The third-order valence-electron chi connectivity index (χ3n) is 5.35. The van der Waals surface area contributed by atoms with Gasteiger partial charge in [-0.2, -0.15) is 0 Å². The van der Waals surface area contributed by atoms with Gasteiger partial charge in [0, 0.05) is 17.0 Å². The monoisotopic (exact) mass is 309 g/mol. The van der Waals surface area contributed by atoms with Gasteiger partial charge in [-0.25, -0.2) is 0 Å². The van der Waals surface area contributed by atoms with Gasteiger partial charge in [0.2, 0.25) is 5.91 Å². The first kappa shape index (κ1) is 14.6. The van der Waals surface area contributed by atoms with E-state index in [1.54, 1.807) is 0 Å². The number of carbonyl (C=O) groups is 1. The van der Waals surface area contributed by atoms with Crippen molar-refractivity contribution in [1.82, 2.24) is 15.6 Å². The van der Waals surface area contributed by atoms with E-state index in [2.05, 4.69) is 41.6 Å². The minimum absolute atomic E-state index is 0.199. The van der Waals surface area contributed by atoms with Crippen molar-refractivity contribution in [2.75, 3.05) is 13.1 Å². The maximum absolute atomic E-state index is 12.7. The number of hydrogen-bond donors (Lipinski definition) is 2. The van der Waals surface area contributed by atoms with Crippen LogP contribution >= 0.6 is 0 Å². The maximum Gasteiger partial charge on any atom is 0.224 e. The highest BCUT2D eigenvalue weighted by Crippen LogP contribution is 2.49. The second-order valence-corrected chi connectivity index (χ2v) is 7.45. The molecule has 0 bridgehead atoms. The average Bonchev–Trinajstić information content (AvgIpc) is 2.99. The van der Waals surface area contributed by atoms with Gasteiger partial charge in [-0.1, -0.05) is 18.2 Å². The van der Waals surface area contributed by atoms with Crippen LogP contribution in [0.15, 0.2) is 30.3 Å². The predicted octanol–water partition coefficient (Wildman–Crippen LogP) is 2.36. The number of pyridine rings is 1. The molecule has 1 saturated carbocycles. The zero-order chi connectivity index (χ0) is 16.2. The molecule has 0 unspecified atom stereocenters. The fourth-order valence-electron chi connectivity index (χ4n) is 4.09. The summed E-state index contributed by atoms with van der Waals surface area (Å²) in [6.45, 7) is 8.15. The van der Waals surface area contributed by atoms with Gasteiger partial charge >= 0.3 is 0 Å². The summed E-state index contributed by atoms with van der Waals surface area (Å²) in [5.41, 5.74) is 2.69. The third kappa shape index (κ3) is 2.41. The van der Waals surface area contributed by atoms with E-state index in [4.69, 9.17) is 0 Å². The SMILES string of the molecule is Cc1cc(C(C)(C)NC(=O)[C@H]2[C@@H]3CNC[C@@H]32)c2ccccc2n1. The molecule has 1 aromatic heterocycles. The van der Waals surface area contributed by atoms with Crippen molar-refractivity contribution in [2.45, 2.75) is 26.3 Å². The number of carbonyl (C=O) groups excluding carboxylic acids is 1. The summed E-state index contributed by atoms with van der Waals surface area (Å²) in [7, 11) is 0. The van der Waals surface area contributed by atoms with Gasteiger partial charge in [-0.3, -0.25) is 9.78 Å². The van der Waals surface area contributed by atoms with Crippen LogP contribution in [-0.4, -0.2) is 24.0 Å². The Bertz CT molecular complexity index is 773. The van der Waals surface area contributed by atoms with Crippen molar-refractivity contribution in [2.24, 2.45) is 17.8 Å². The van der Waals surface area contributed by atoms with Crippen LogP contribution < -0.4 is 10.6 Å². The zero-order valence-electron chi connectivity index (χ0n) is 13.9. The molecule has 0 spiro atoms. The van der Waals surface area contributed by atoms with Crippen LogP contribution in [0.2, 0.25) is 0 Å². The highest BCUT2D eigenvalue weighted by atomic mass is 16.2. The normalized spacial score (nSPS) is 26.1. The van der Waals surface area contributed by atoms with E-state index in [1.807, 2.05) is 25.1 Å². The summed E-state index contributed by atoms with van der Waals surface area (Å²) >= 11 is 0. The van der Waals surface area contributed by atoms with Crippen LogP contribution in [0.5, 0.6) is 0 Å². The van der Waals surface area contributed by atoms with E-state index < -0.39 is 5.54 Å². The summed E-state index contributed by atoms with van der Waals surface area (Å²) in [4.78, 5) is 17.3. The summed E-state index contributed by atoms with van der Waals surface area (Å²) in [6, 6.07) is 10.2. The van der Waals surface area contributed by atoms with Gasteiger partial charge in [0.25, 0.3) is 0 Å². The number of hydrogen-bond acceptors (Lipinski definition) is 3. The van der Waals surface area contributed by atoms with Crippen molar-refractivity contribution < 1.29 is 4.79 Å². The molecule has 4 nitrogen and oxygen atoms in total. The second kappa shape index (κ2) is 5.03. The molecular formula is C19H23N3O. The van der Waals surface area contributed by atoms with Crippen LogP contribution in [0.4, 0.5) is 0 Å². The van der Waals surface area contributed by atoms with Crippen LogP contribution in [-0.2, 0) is 10.3 Å². The van der Waals surface area contributed by atoms with Gasteiger partial charge in [-0.05, 0) is 63.4 Å². The Balaban J connectivity index is 1.64. The van der Waals surface area contributed by atoms with Crippen molar-refractivity contribution in [3.63, 3.8) is 0 Å². The third-order valence-corrected chi connectivity index (χ3v) is 5.35. The van der Waals surface area contributed by atoms with E-state index in [0.717, 1.165) is 35.2 Å². The number of nitrogens with one attached hydrogen (secondary N) is 2. The highest BCUT2D eigenvalue weighted by molar-refractivity contribution is 5.86. The molecule has 2 N–H and O–H groups in total. The van der Waals surface area contributed by atoms with Gasteiger partial charge in [-0.15, -0.1) is 0 Å². The fraction of sp³-hybridized carbons (Fsp3) is 0.474. The lowest BCUT2D eigenvalue weighted by molar-refractivity contribution is -0.124. The zero-order valence-corrected chi connectivity index (χ0v) is 13.9. The van der Waals surface area contributed by atoms with Gasteiger partial charge < -0.3 is 10.6 Å². The molecule has 2 aromatic rings. The van der Waals surface area contributed by atoms with Gasteiger partial charge in [0.15, 0.2) is 0 Å². The van der Waals surface area contributed by atoms with Crippen molar-refractivity contribution in [3.8, 4) is 0 Å². The molecule has 1 amide bonds. The van der Waals surface area contributed by atoms with Crippen LogP contribution in [0, 0.1) is 24.7 Å². The largest absolute Gasteiger partial charge is 0.347 e. The number of benzene rings is 1. The number of para-hydroxylation sites is 1. The quantitative estimate of drug-likeness (QED) is 0.915. The van der Waals surface area contributed by atoms with E-state index in [-0.39, 0.29) is 11.8 Å². The minimum atomic E-state index is -0.408. The fourth-order valence-corrected chi connectivity index (χ4v) is 4.09. The van der Waals surface area contributed by atoms with E-state index >= 15 is 0 Å². The Morgan fingerprint density at radius 2 is 1.96 bits per heavy atom. The van der Waals surface area contributed by atoms with Crippen molar-refractivity contribution >= 4 is 16.8 Å². The summed E-state index contributed by atoms with van der Waals surface area (Å²) < 4.78 is 0. The Hall–Kier alpha value is -1.94. The number of amides is 1. The molecule has 0 radical (unpaired) electrons. The van der Waals surface area contributed by atoms with Gasteiger partial charge in [0.1, 0.15) is 0 Å². The van der Waals surface area contributed by atoms with Crippen molar-refractivity contribution in [3.05, 3.63) is 41.6 Å². The van der Waals surface area contributed by atoms with E-state index in [1.165, 1.54) is 0 Å². The van der Waals surface area contributed by atoms with E-state index in [9.17, 15) is 4.79 Å². The molecule has 4 rings (SSSR count). The van der Waals surface area contributed by atoms with E-state index in [0.29, 0.717) is 11.8 Å². The predicted molar refractivity (Wildman–Crippen MR) is 91.0 cm³/mol. The summed E-state index contributed by atoms with van der Waals surface area (Å²) in [5.74, 6) is 1.48. The number of piperidine rings is 1. The van der Waals surface area contributed by atoms with Crippen molar-refractivity contribution in [1.29, 1.82) is 0 Å². The molecule has 120 valence electrons. The molecule has 1 aliphatic heterocycles. The molecular weight excluding hydrogens is 286 g/mol. The Labute approximate surface area is 136 Å². The standard InChI is InChI=1S/C19H23N3O/c1-11-8-15(12-6-4-5-7-16(12)21-11)19(2,3)22-18(23)17-13-9-20-10-14(13)17/h4-8,13-14,17,20H,9-10H2,1-3H3,(H,22,23)/t13-,14+,17+. The molecule has 4 heteroatoms. The molecule has 3 atom stereocenters. The Morgan fingerprint density at radius 3 is 2.70 bits per heavy atom. The Kier molecular flexibility index (Phi) is 3.20. The molecule has 2 aliphatic rings. The molecule has 23 heavy (non-hydrogen) atoms. The number of fused-ring (bicyclic) bond motifs is 2. The average molecular weight is 309 g/mol. The molecule has 1 aromatic carbocycles. The lowest BCUT2D eigenvalue weighted by atomic mass is 9.90. The number of rotatable bonds is 3.